The monoisotopic (exact) mass is 402 g/mol. The van der Waals surface area contributed by atoms with Crippen molar-refractivity contribution in [1.82, 2.24) is 0 Å². The Morgan fingerprint density at radius 1 is 0.862 bits per heavy atom. The van der Waals surface area contributed by atoms with Crippen molar-refractivity contribution >= 4 is 0 Å². The molecule has 0 aromatic heterocycles. The molecule has 1 heteroatoms. The zero-order chi connectivity index (χ0) is 20.9. The molecule has 29 heavy (non-hydrogen) atoms. The first-order chi connectivity index (χ1) is 13.7. The van der Waals surface area contributed by atoms with Crippen LogP contribution in [0.1, 0.15) is 118 Å². The molecule has 0 heterocycles. The summed E-state index contributed by atoms with van der Waals surface area (Å²) < 4.78 is 5.85. The molecule has 168 valence electrons. The third-order valence-electron chi connectivity index (χ3n) is 11.4. The van der Waals surface area contributed by atoms with E-state index in [1.807, 2.05) is 7.11 Å². The van der Waals surface area contributed by atoms with Gasteiger partial charge in [-0.25, -0.2) is 0 Å². The second kappa shape index (κ2) is 8.14. The fourth-order valence-electron chi connectivity index (χ4n) is 9.31. The van der Waals surface area contributed by atoms with Crippen LogP contribution in [0.4, 0.5) is 0 Å². The van der Waals surface area contributed by atoms with Crippen LogP contribution in [0.3, 0.4) is 0 Å². The normalized spacial score (nSPS) is 49.6. The fourth-order valence-corrected chi connectivity index (χ4v) is 9.31. The van der Waals surface area contributed by atoms with Crippen molar-refractivity contribution in [3.8, 4) is 0 Å². The Labute approximate surface area is 182 Å². The first kappa shape index (κ1) is 22.2. The van der Waals surface area contributed by atoms with Gasteiger partial charge in [0.05, 0.1) is 6.10 Å². The number of rotatable bonds is 6. The topological polar surface area (TPSA) is 9.23 Å². The number of methoxy groups -OCH3 is 1. The molecule has 0 radical (unpaired) electrons. The van der Waals surface area contributed by atoms with Crippen LogP contribution in [-0.2, 0) is 4.74 Å². The summed E-state index contributed by atoms with van der Waals surface area (Å²) in [4.78, 5) is 0. The molecule has 4 unspecified atom stereocenters. The molecule has 0 saturated heterocycles. The van der Waals surface area contributed by atoms with E-state index in [2.05, 4.69) is 34.6 Å². The van der Waals surface area contributed by atoms with E-state index >= 15 is 0 Å². The van der Waals surface area contributed by atoms with E-state index < -0.39 is 0 Å². The molecule has 0 spiro atoms. The highest BCUT2D eigenvalue weighted by molar-refractivity contribution is 5.12. The lowest BCUT2D eigenvalue weighted by Gasteiger charge is -2.65. The van der Waals surface area contributed by atoms with Crippen LogP contribution in [-0.4, -0.2) is 13.2 Å². The Bertz CT molecular complexity index is 569. The van der Waals surface area contributed by atoms with Gasteiger partial charge in [-0.05, 0) is 110 Å². The highest BCUT2D eigenvalue weighted by Crippen LogP contribution is 2.71. The van der Waals surface area contributed by atoms with Gasteiger partial charge in [-0.15, -0.1) is 0 Å². The van der Waals surface area contributed by atoms with Crippen molar-refractivity contribution in [2.45, 2.75) is 124 Å². The lowest BCUT2D eigenvalue weighted by atomic mass is 9.40. The first-order valence-electron chi connectivity index (χ1n) is 13.3. The summed E-state index contributed by atoms with van der Waals surface area (Å²) in [5.41, 5.74) is 1.73. The summed E-state index contributed by atoms with van der Waals surface area (Å²) in [6, 6.07) is 0. The number of unbranched alkanes of at least 4 members (excludes halogenated alkanes) is 1. The molecule has 0 N–H and O–H groups in total. The maximum Gasteiger partial charge on any atom is 0.0577 e. The van der Waals surface area contributed by atoms with Gasteiger partial charge in [0.15, 0.2) is 0 Å². The average Bonchev–Trinajstić information content (AvgIpc) is 3.01. The molecule has 0 bridgehead atoms. The minimum atomic E-state index is 0.510. The van der Waals surface area contributed by atoms with Crippen molar-refractivity contribution in [1.29, 1.82) is 0 Å². The molecule has 0 aromatic carbocycles. The van der Waals surface area contributed by atoms with Gasteiger partial charge in [0, 0.05) is 7.11 Å². The summed E-state index contributed by atoms with van der Waals surface area (Å²) in [5.74, 6) is 4.93. The van der Waals surface area contributed by atoms with Crippen molar-refractivity contribution in [2.24, 2.45) is 45.8 Å². The number of fused-ring (bicyclic) bond motifs is 5. The molecule has 4 fully saturated rings. The van der Waals surface area contributed by atoms with Gasteiger partial charge in [0.1, 0.15) is 0 Å². The Balaban J connectivity index is 1.45. The third kappa shape index (κ3) is 3.64. The van der Waals surface area contributed by atoms with Crippen LogP contribution in [0.5, 0.6) is 0 Å². The van der Waals surface area contributed by atoms with Crippen molar-refractivity contribution in [3.05, 3.63) is 0 Å². The minimum Gasteiger partial charge on any atom is -0.381 e. The van der Waals surface area contributed by atoms with E-state index in [-0.39, 0.29) is 0 Å². The second-order valence-corrected chi connectivity index (χ2v) is 13.0. The van der Waals surface area contributed by atoms with Gasteiger partial charge in [-0.2, -0.15) is 0 Å². The molecular formula is C28H50O. The van der Waals surface area contributed by atoms with E-state index in [0.717, 1.165) is 29.6 Å². The molecule has 0 aromatic rings. The summed E-state index contributed by atoms with van der Waals surface area (Å²) in [7, 11) is 1.94. The van der Waals surface area contributed by atoms with Gasteiger partial charge in [0.2, 0.25) is 0 Å². The third-order valence-corrected chi connectivity index (χ3v) is 11.4. The zero-order valence-corrected chi connectivity index (χ0v) is 20.6. The van der Waals surface area contributed by atoms with Gasteiger partial charge >= 0.3 is 0 Å². The van der Waals surface area contributed by atoms with Gasteiger partial charge in [-0.3, -0.25) is 0 Å². The predicted octanol–water partition coefficient (Wildman–Crippen LogP) is 8.27. The Morgan fingerprint density at radius 2 is 1.66 bits per heavy atom. The predicted molar refractivity (Wildman–Crippen MR) is 124 cm³/mol. The number of ether oxygens (including phenoxy) is 1. The highest BCUT2D eigenvalue weighted by Gasteiger charge is 2.63. The Kier molecular flexibility index (Phi) is 6.22. The summed E-state index contributed by atoms with van der Waals surface area (Å²) in [6.45, 7) is 12.8. The molecular weight excluding hydrogens is 352 g/mol. The van der Waals surface area contributed by atoms with Gasteiger partial charge in [-0.1, -0.05) is 53.9 Å². The Morgan fingerprint density at radius 3 is 2.38 bits per heavy atom. The molecule has 4 aliphatic carbocycles. The standard InChI is InChI=1S/C28H50O/c1-20(2)9-7-8-10-21-11-12-24-23-14-16-26(3)19-22(29-6)13-18-28(26,5)25(23)15-17-27(21,24)4/h20-25H,7-19H2,1-6H3/t21?,22?,23-,24?,25?,26+,27+,28+/m0/s1. The fraction of sp³-hybridized carbons (Fsp3) is 1.00. The molecule has 4 rings (SSSR count). The molecule has 8 atom stereocenters. The van der Waals surface area contributed by atoms with Crippen LogP contribution in [0, 0.1) is 45.8 Å². The SMILES string of the molecule is COC1CC[C@]2(C)C3CC[C@]4(C)C(CCCCC(C)C)CCC4[C@@H]3CC[C@]2(C)C1. The molecule has 1 nitrogen and oxygen atoms in total. The van der Waals surface area contributed by atoms with Crippen LogP contribution in [0.25, 0.3) is 0 Å². The maximum atomic E-state index is 5.85. The molecule has 4 saturated carbocycles. The average molecular weight is 403 g/mol. The van der Waals surface area contributed by atoms with Crippen LogP contribution >= 0.6 is 0 Å². The lowest BCUT2D eigenvalue weighted by Crippen LogP contribution is -2.58. The minimum absolute atomic E-state index is 0.510. The highest BCUT2D eigenvalue weighted by atomic mass is 16.5. The lowest BCUT2D eigenvalue weighted by molar-refractivity contribution is -0.173. The van der Waals surface area contributed by atoms with Crippen LogP contribution < -0.4 is 0 Å². The van der Waals surface area contributed by atoms with Gasteiger partial charge < -0.3 is 4.74 Å². The van der Waals surface area contributed by atoms with Gasteiger partial charge in [0.25, 0.3) is 0 Å². The molecule has 4 aliphatic rings. The van der Waals surface area contributed by atoms with E-state index in [4.69, 9.17) is 4.74 Å². The molecule has 0 amide bonds. The van der Waals surface area contributed by atoms with Crippen molar-refractivity contribution in [3.63, 3.8) is 0 Å². The second-order valence-electron chi connectivity index (χ2n) is 13.0. The van der Waals surface area contributed by atoms with Crippen LogP contribution in [0.2, 0.25) is 0 Å². The quantitative estimate of drug-likeness (QED) is 0.406. The first-order valence-corrected chi connectivity index (χ1v) is 13.3. The number of hydrogen-bond donors (Lipinski definition) is 0. The van der Waals surface area contributed by atoms with E-state index in [1.54, 1.807) is 6.42 Å². The smallest absolute Gasteiger partial charge is 0.0577 e. The molecule has 0 aliphatic heterocycles. The zero-order valence-electron chi connectivity index (χ0n) is 20.6. The number of hydrogen-bond acceptors (Lipinski definition) is 1. The van der Waals surface area contributed by atoms with E-state index in [0.29, 0.717) is 22.3 Å². The Hall–Kier alpha value is -0.0400. The summed E-state index contributed by atoms with van der Waals surface area (Å²) in [5, 5.41) is 0. The van der Waals surface area contributed by atoms with Crippen LogP contribution in [0.15, 0.2) is 0 Å². The van der Waals surface area contributed by atoms with E-state index in [9.17, 15) is 0 Å². The van der Waals surface area contributed by atoms with Crippen molar-refractivity contribution < 1.29 is 4.74 Å². The summed E-state index contributed by atoms with van der Waals surface area (Å²) in [6.07, 6.45) is 19.5. The van der Waals surface area contributed by atoms with Crippen molar-refractivity contribution in [2.75, 3.05) is 7.11 Å². The van der Waals surface area contributed by atoms with E-state index in [1.165, 1.54) is 77.0 Å². The summed E-state index contributed by atoms with van der Waals surface area (Å²) >= 11 is 0. The largest absolute Gasteiger partial charge is 0.381 e. The maximum absolute atomic E-state index is 5.85.